The highest BCUT2D eigenvalue weighted by atomic mass is 16.5. The summed E-state index contributed by atoms with van der Waals surface area (Å²) in [4.78, 5) is 27.0. The number of ether oxygens (including phenoxy) is 1. The van der Waals surface area contributed by atoms with Gasteiger partial charge in [0.15, 0.2) is 0 Å². The Balaban J connectivity index is 2.11. The third-order valence-corrected chi connectivity index (χ3v) is 4.06. The molecule has 2 saturated heterocycles. The van der Waals surface area contributed by atoms with Gasteiger partial charge in [-0.1, -0.05) is 0 Å². The first-order valence-corrected chi connectivity index (χ1v) is 6.81. The normalized spacial score (nSPS) is 26.4. The topological polar surface area (TPSA) is 70.1 Å². The molecule has 0 spiro atoms. The first-order chi connectivity index (χ1) is 8.86. The maximum absolute atomic E-state index is 12.5. The minimum atomic E-state index is -1.19. The summed E-state index contributed by atoms with van der Waals surface area (Å²) in [7, 11) is 0. The van der Waals surface area contributed by atoms with E-state index < -0.39 is 11.5 Å². The number of hydrogen-bond acceptors (Lipinski definition) is 3. The van der Waals surface area contributed by atoms with Gasteiger partial charge >= 0.3 is 12.0 Å². The molecule has 0 aliphatic carbocycles. The number of nitrogens with zero attached hydrogens (tertiary/aromatic N) is 2. The molecule has 0 aromatic rings. The zero-order valence-electron chi connectivity index (χ0n) is 11.8. The molecule has 2 rings (SSSR count). The molecule has 0 saturated carbocycles. The highest BCUT2D eigenvalue weighted by Crippen LogP contribution is 2.28. The van der Waals surface area contributed by atoms with E-state index in [1.54, 1.807) is 25.7 Å². The van der Waals surface area contributed by atoms with Crippen LogP contribution in [0.25, 0.3) is 0 Å². The van der Waals surface area contributed by atoms with E-state index in [-0.39, 0.29) is 18.2 Å². The summed E-state index contributed by atoms with van der Waals surface area (Å²) >= 11 is 0. The molecule has 2 unspecified atom stereocenters. The van der Waals surface area contributed by atoms with E-state index in [9.17, 15) is 14.7 Å². The molecule has 2 aliphatic rings. The number of rotatable bonds is 3. The minimum Gasteiger partial charge on any atom is -0.480 e. The summed E-state index contributed by atoms with van der Waals surface area (Å²) < 4.78 is 5.70. The van der Waals surface area contributed by atoms with Gasteiger partial charge in [-0.25, -0.2) is 9.59 Å². The molecule has 19 heavy (non-hydrogen) atoms. The molecule has 2 fully saturated rings. The Labute approximate surface area is 113 Å². The number of hydrogen-bond donors (Lipinski definition) is 1. The minimum absolute atomic E-state index is 0.120. The summed E-state index contributed by atoms with van der Waals surface area (Å²) in [5.74, 6) is -0.987. The average molecular weight is 270 g/mol. The largest absolute Gasteiger partial charge is 0.480 e. The van der Waals surface area contributed by atoms with Crippen molar-refractivity contribution in [1.82, 2.24) is 9.80 Å². The van der Waals surface area contributed by atoms with Gasteiger partial charge in [0.05, 0.1) is 12.2 Å². The van der Waals surface area contributed by atoms with Crippen LogP contribution in [0.1, 0.15) is 33.6 Å². The van der Waals surface area contributed by atoms with E-state index in [2.05, 4.69) is 0 Å². The van der Waals surface area contributed by atoms with E-state index in [1.807, 2.05) is 0 Å². The van der Waals surface area contributed by atoms with Gasteiger partial charge in [-0.15, -0.1) is 0 Å². The lowest BCUT2D eigenvalue weighted by atomic mass is 10.0. The third-order valence-electron chi connectivity index (χ3n) is 4.06. The van der Waals surface area contributed by atoms with Crippen LogP contribution in [-0.2, 0) is 9.53 Å². The zero-order chi connectivity index (χ0) is 14.2. The average Bonchev–Trinajstić information content (AvgIpc) is 2.68. The number of urea groups is 1. The lowest BCUT2D eigenvalue weighted by Gasteiger charge is -2.40. The molecule has 2 atom stereocenters. The van der Waals surface area contributed by atoms with Crippen molar-refractivity contribution in [1.29, 1.82) is 0 Å². The Morgan fingerprint density at radius 1 is 1.32 bits per heavy atom. The molecule has 2 aliphatic heterocycles. The molecule has 0 aromatic carbocycles. The van der Waals surface area contributed by atoms with Gasteiger partial charge in [-0.3, -0.25) is 0 Å². The fourth-order valence-electron chi connectivity index (χ4n) is 2.83. The van der Waals surface area contributed by atoms with Crippen LogP contribution < -0.4 is 0 Å². The number of carboxylic acids is 1. The first-order valence-electron chi connectivity index (χ1n) is 6.81. The van der Waals surface area contributed by atoms with Crippen molar-refractivity contribution in [3.05, 3.63) is 0 Å². The Kier molecular flexibility index (Phi) is 3.71. The summed E-state index contributed by atoms with van der Waals surface area (Å²) in [6.45, 7) is 6.45. The summed E-state index contributed by atoms with van der Waals surface area (Å²) in [5, 5.41) is 9.27. The number of carboxylic acid groups (broad SMARTS) is 1. The van der Waals surface area contributed by atoms with Crippen LogP contribution in [0.5, 0.6) is 0 Å². The van der Waals surface area contributed by atoms with Crippen LogP contribution in [0, 0.1) is 0 Å². The molecule has 6 heteroatoms. The van der Waals surface area contributed by atoms with Gasteiger partial charge in [0.25, 0.3) is 0 Å². The summed E-state index contributed by atoms with van der Waals surface area (Å²) in [6.07, 6.45) is 2.22. The fourth-order valence-corrected chi connectivity index (χ4v) is 2.83. The van der Waals surface area contributed by atoms with Gasteiger partial charge in [0.2, 0.25) is 0 Å². The number of fused-ring (bicyclic) bond motifs is 2. The number of aliphatic carboxylic acids is 1. The number of morpholine rings is 1. The Hall–Kier alpha value is -1.30. The standard InChI is InChI=1S/C13H22N2O4/c1-4-15(13(2,3)11(16)17)12(18)14-7-9-5-6-10(8-14)19-9/h9-10H,4-8H2,1-3H3,(H,16,17). The number of likely N-dealkylation sites (N-methyl/N-ethyl adjacent to an activating group) is 1. The van der Waals surface area contributed by atoms with Crippen molar-refractivity contribution in [2.75, 3.05) is 19.6 Å². The molecule has 108 valence electrons. The molecule has 2 bridgehead atoms. The molecule has 2 amide bonds. The van der Waals surface area contributed by atoms with Gasteiger partial charge in [0.1, 0.15) is 5.54 Å². The third kappa shape index (κ3) is 2.54. The van der Waals surface area contributed by atoms with Crippen molar-refractivity contribution in [2.45, 2.75) is 51.4 Å². The van der Waals surface area contributed by atoms with Crippen molar-refractivity contribution in [2.24, 2.45) is 0 Å². The second kappa shape index (κ2) is 5.00. The molecule has 0 aromatic heterocycles. The van der Waals surface area contributed by atoms with E-state index in [1.165, 1.54) is 4.90 Å². The fraction of sp³-hybridized carbons (Fsp3) is 0.846. The van der Waals surface area contributed by atoms with Gasteiger partial charge in [-0.2, -0.15) is 0 Å². The summed E-state index contributed by atoms with van der Waals surface area (Å²) in [6, 6.07) is -0.199. The van der Waals surface area contributed by atoms with Gasteiger partial charge in [0, 0.05) is 19.6 Å². The Bertz CT molecular complexity index is 371. The second-order valence-electron chi connectivity index (χ2n) is 5.75. The van der Waals surface area contributed by atoms with Crippen molar-refractivity contribution < 1.29 is 19.4 Å². The second-order valence-corrected chi connectivity index (χ2v) is 5.75. The van der Waals surface area contributed by atoms with Crippen LogP contribution in [0.3, 0.4) is 0 Å². The quantitative estimate of drug-likeness (QED) is 0.835. The smallest absolute Gasteiger partial charge is 0.329 e. The molecule has 2 heterocycles. The monoisotopic (exact) mass is 270 g/mol. The molecule has 6 nitrogen and oxygen atoms in total. The predicted molar refractivity (Wildman–Crippen MR) is 69.0 cm³/mol. The Morgan fingerprint density at radius 3 is 2.26 bits per heavy atom. The van der Waals surface area contributed by atoms with Crippen LogP contribution >= 0.6 is 0 Å². The summed E-state index contributed by atoms with van der Waals surface area (Å²) in [5.41, 5.74) is -1.19. The molecule has 1 N–H and O–H groups in total. The van der Waals surface area contributed by atoms with Crippen LogP contribution in [0.15, 0.2) is 0 Å². The number of likely N-dealkylation sites (tertiary alicyclic amines) is 1. The molecular formula is C13H22N2O4. The predicted octanol–water partition coefficient (Wildman–Crippen LogP) is 1.15. The van der Waals surface area contributed by atoms with E-state index >= 15 is 0 Å². The van der Waals surface area contributed by atoms with Gasteiger partial charge < -0.3 is 19.6 Å². The highest BCUT2D eigenvalue weighted by Gasteiger charge is 2.42. The van der Waals surface area contributed by atoms with Gasteiger partial charge in [-0.05, 0) is 33.6 Å². The van der Waals surface area contributed by atoms with Crippen LogP contribution in [0.2, 0.25) is 0 Å². The number of carbonyl (C=O) groups excluding carboxylic acids is 1. The first kappa shape index (κ1) is 14.1. The lowest BCUT2D eigenvalue weighted by molar-refractivity contribution is -0.148. The van der Waals surface area contributed by atoms with Crippen LogP contribution in [0.4, 0.5) is 4.79 Å². The lowest BCUT2D eigenvalue weighted by Crippen LogP contribution is -2.59. The SMILES string of the molecule is CCN(C(=O)N1CC2CCC(C1)O2)C(C)(C)C(=O)O. The van der Waals surface area contributed by atoms with Crippen molar-refractivity contribution >= 4 is 12.0 Å². The zero-order valence-corrected chi connectivity index (χ0v) is 11.8. The Morgan fingerprint density at radius 2 is 1.84 bits per heavy atom. The number of amides is 2. The van der Waals surface area contributed by atoms with Crippen molar-refractivity contribution in [3.63, 3.8) is 0 Å². The van der Waals surface area contributed by atoms with E-state index in [4.69, 9.17) is 4.74 Å². The maximum atomic E-state index is 12.5. The van der Waals surface area contributed by atoms with E-state index in [0.717, 1.165) is 12.8 Å². The van der Waals surface area contributed by atoms with Crippen molar-refractivity contribution in [3.8, 4) is 0 Å². The highest BCUT2D eigenvalue weighted by molar-refractivity contribution is 5.85. The number of carbonyl (C=O) groups is 2. The van der Waals surface area contributed by atoms with E-state index in [0.29, 0.717) is 19.6 Å². The molecule has 0 radical (unpaired) electrons. The maximum Gasteiger partial charge on any atom is 0.329 e. The van der Waals surface area contributed by atoms with Crippen LogP contribution in [-0.4, -0.2) is 64.3 Å². The molecular weight excluding hydrogens is 248 g/mol.